The number of hydrogen-bond acceptors (Lipinski definition) is 13. The number of fused-ring (bicyclic) bond motifs is 7. The molecule has 2 aromatic carbocycles. The number of aliphatic hydroxyl groups is 2. The molecule has 75 heavy (non-hydrogen) atoms. The van der Waals surface area contributed by atoms with Crippen molar-refractivity contribution in [2.75, 3.05) is 18.5 Å². The molecule has 0 bridgehead atoms. The molecule has 19 nitrogen and oxygen atoms in total. The Labute approximate surface area is 430 Å². The lowest BCUT2D eigenvalue weighted by molar-refractivity contribution is -0.235. The number of ketones is 2. The molecule has 6 amide bonds. The number of aromatic nitrogens is 2. The number of H-pyrrole nitrogens is 1. The molecule has 2 aliphatic heterocycles. The van der Waals surface area contributed by atoms with Gasteiger partial charge in [-0.05, 0) is 93.4 Å². The van der Waals surface area contributed by atoms with Gasteiger partial charge < -0.3 is 45.9 Å². The molecule has 1 aromatic heterocycles. The van der Waals surface area contributed by atoms with Crippen LogP contribution < -0.4 is 21.3 Å². The number of alkyl halides is 2. The van der Waals surface area contributed by atoms with E-state index in [-0.39, 0.29) is 44.2 Å². The highest BCUT2D eigenvalue weighted by Crippen LogP contribution is 2.72. The minimum Gasteiger partial charge on any atom is -0.390 e. The standard InChI is InChI=1S/C54H59F2N7O12/c1-28(60-49(73)40(20-34-25-57-27-58-34)62-44(68)15-17-63-45(69)12-13-46(63)70)47(71)59-29(2)48(72)61-33-7-5-6-31(19-33)18-30-8-10-32(11-9-30)50-74-43-23-36-37-22-39(55)38-21-35(65)14-16-51(38,3)53(37,56)41(66)24-52(36,4)54(43,75-50)42(67)26-64/h5-14,16,19,21,25,27-29,36-37,39-41,43,50,64,66H,15,17-18,20,22-24,26H2,1-4H3,(H,57,58)(H,59,71)(H,60,73)(H,61,72)(H,62,68)/t28-,29-,36-,37-,39-,40-,41-,43+,50+,51-,52-,53-,54+/m0/s1. The van der Waals surface area contributed by atoms with Gasteiger partial charge in [-0.2, -0.15) is 0 Å². The van der Waals surface area contributed by atoms with Crippen molar-refractivity contribution >= 4 is 52.7 Å². The van der Waals surface area contributed by atoms with Crippen molar-refractivity contribution in [2.24, 2.45) is 22.7 Å². The summed E-state index contributed by atoms with van der Waals surface area (Å²) in [5.41, 5.74) is -3.93. The number of amides is 6. The molecule has 7 N–H and O–H groups in total. The Morgan fingerprint density at radius 3 is 2.31 bits per heavy atom. The monoisotopic (exact) mass is 1040 g/mol. The number of nitrogens with zero attached hydrogens (tertiary/aromatic N) is 2. The summed E-state index contributed by atoms with van der Waals surface area (Å²) in [5.74, 6) is -6.57. The molecule has 3 heterocycles. The fourth-order valence-electron chi connectivity index (χ4n) is 12.5. The third-order valence-corrected chi connectivity index (χ3v) is 16.4. The number of benzene rings is 2. The average molecular weight is 1040 g/mol. The largest absolute Gasteiger partial charge is 0.390 e. The number of carbonyl (C=O) groups is 8. The van der Waals surface area contributed by atoms with Crippen molar-refractivity contribution in [1.82, 2.24) is 30.8 Å². The van der Waals surface area contributed by atoms with Crippen LogP contribution >= 0.6 is 0 Å². The molecule has 21 heteroatoms. The lowest BCUT2D eigenvalue weighted by Crippen LogP contribution is -2.70. The molecule has 6 aliphatic rings. The molecule has 0 spiro atoms. The number of allylic oxidation sites excluding steroid dienone is 4. The second-order valence-electron chi connectivity index (χ2n) is 20.9. The molecule has 9 rings (SSSR count). The van der Waals surface area contributed by atoms with E-state index >= 15 is 8.78 Å². The van der Waals surface area contributed by atoms with Crippen molar-refractivity contribution in [3.05, 3.63) is 119 Å². The van der Waals surface area contributed by atoms with Crippen LogP contribution in [0.2, 0.25) is 0 Å². The summed E-state index contributed by atoms with van der Waals surface area (Å²) < 4.78 is 46.9. The summed E-state index contributed by atoms with van der Waals surface area (Å²) >= 11 is 0. The number of aliphatic hydroxyl groups excluding tert-OH is 2. The molecule has 4 aliphatic carbocycles. The van der Waals surface area contributed by atoms with Crippen molar-refractivity contribution in [2.45, 2.75) is 120 Å². The lowest BCUT2D eigenvalue weighted by atomic mass is 9.44. The fourth-order valence-corrected chi connectivity index (χ4v) is 12.5. The number of hydrogen-bond donors (Lipinski definition) is 7. The smallest absolute Gasteiger partial charge is 0.253 e. The SMILES string of the molecule is C[C@H](NC(=O)[C@H](C)NC(=O)[C@H](Cc1c[nH]cn1)NC(=O)CCN1C(=O)C=CC1=O)C(=O)Nc1cccc(Cc2ccc([C@@H]3O[C@@H]4C[C@H]5[C@@H]6C[C@H](F)C7=CC(=O)C=C[C@]7(C)[C@@]6(F)[C@@H](O)C[C@]5(C)[C@]4(C(=O)CO)O3)cc2)c1. The topological polar surface area (TPSA) is 276 Å². The van der Waals surface area contributed by atoms with E-state index in [2.05, 4.69) is 31.2 Å². The molecule has 13 atom stereocenters. The molecular weight excluding hydrogens is 977 g/mol. The number of nitrogens with one attached hydrogen (secondary N) is 5. The van der Waals surface area contributed by atoms with Crippen LogP contribution in [-0.4, -0.2) is 133 Å². The van der Waals surface area contributed by atoms with E-state index in [9.17, 15) is 48.6 Å². The molecule has 4 fully saturated rings. The first-order valence-electron chi connectivity index (χ1n) is 25.0. The van der Waals surface area contributed by atoms with Crippen LogP contribution in [-0.2, 0) is 60.7 Å². The first-order chi connectivity index (χ1) is 35.6. The van der Waals surface area contributed by atoms with E-state index < -0.39 is 130 Å². The molecule has 0 radical (unpaired) electrons. The second kappa shape index (κ2) is 20.2. The van der Waals surface area contributed by atoms with E-state index in [0.29, 0.717) is 23.4 Å². The molecule has 1 saturated heterocycles. The Morgan fingerprint density at radius 2 is 1.61 bits per heavy atom. The summed E-state index contributed by atoms with van der Waals surface area (Å²) in [5, 5.41) is 32.7. The zero-order valence-corrected chi connectivity index (χ0v) is 41.6. The highest BCUT2D eigenvalue weighted by Gasteiger charge is 2.80. The Balaban J connectivity index is 0.795. The van der Waals surface area contributed by atoms with Crippen LogP contribution in [0.15, 0.2) is 97.0 Å². The van der Waals surface area contributed by atoms with Crippen LogP contribution in [0.1, 0.15) is 82.1 Å². The van der Waals surface area contributed by atoms with Crippen LogP contribution in [0.5, 0.6) is 0 Å². The molecule has 396 valence electrons. The highest BCUT2D eigenvalue weighted by molar-refractivity contribution is 6.13. The number of imidazole rings is 1. The zero-order valence-electron chi connectivity index (χ0n) is 41.6. The Bertz CT molecular complexity index is 2890. The van der Waals surface area contributed by atoms with Crippen molar-refractivity contribution < 1.29 is 66.8 Å². The zero-order chi connectivity index (χ0) is 53.8. The van der Waals surface area contributed by atoms with Gasteiger partial charge >= 0.3 is 0 Å². The number of rotatable bonds is 17. The van der Waals surface area contributed by atoms with E-state index in [0.717, 1.165) is 34.3 Å². The Kier molecular flexibility index (Phi) is 14.2. The number of ether oxygens (including phenoxy) is 2. The van der Waals surface area contributed by atoms with Gasteiger partial charge in [-0.1, -0.05) is 49.4 Å². The number of Topliss-reactive ketones (excluding diaryl/α,β-unsaturated/α-hetero) is 1. The maximum atomic E-state index is 17.8. The van der Waals surface area contributed by atoms with Crippen LogP contribution in [0.3, 0.4) is 0 Å². The van der Waals surface area contributed by atoms with Crippen LogP contribution in [0, 0.1) is 22.7 Å². The second-order valence-corrected chi connectivity index (χ2v) is 20.9. The predicted octanol–water partition coefficient (Wildman–Crippen LogP) is 2.63. The van der Waals surface area contributed by atoms with Crippen molar-refractivity contribution in [3.8, 4) is 0 Å². The first-order valence-corrected chi connectivity index (χ1v) is 25.0. The number of imide groups is 1. The van der Waals surface area contributed by atoms with E-state index in [1.165, 1.54) is 45.4 Å². The first kappa shape index (κ1) is 52.8. The Hall–Kier alpha value is -7.07. The molecular formula is C54H59F2N7O12. The van der Waals surface area contributed by atoms with E-state index in [1.807, 2.05) is 18.2 Å². The van der Waals surface area contributed by atoms with Crippen LogP contribution in [0.25, 0.3) is 0 Å². The molecule has 3 saturated carbocycles. The third-order valence-electron chi connectivity index (χ3n) is 16.4. The summed E-state index contributed by atoms with van der Waals surface area (Å²) in [6.45, 7) is 5.01. The van der Waals surface area contributed by atoms with Gasteiger partial charge in [0.1, 0.15) is 30.9 Å². The predicted molar refractivity (Wildman–Crippen MR) is 262 cm³/mol. The van der Waals surface area contributed by atoms with Crippen LogP contribution in [0.4, 0.5) is 14.5 Å². The maximum absolute atomic E-state index is 17.8. The fraction of sp³-hybridized carbons (Fsp3) is 0.463. The lowest BCUT2D eigenvalue weighted by Gasteiger charge is -2.63. The number of carbonyl (C=O) groups excluding carboxylic acids is 8. The maximum Gasteiger partial charge on any atom is 0.253 e. The minimum absolute atomic E-state index is 0.0110. The number of anilines is 1. The number of halogens is 2. The summed E-state index contributed by atoms with van der Waals surface area (Å²) in [4.78, 5) is 111. The van der Waals surface area contributed by atoms with Gasteiger partial charge in [-0.3, -0.25) is 43.3 Å². The van der Waals surface area contributed by atoms with Gasteiger partial charge in [-0.15, -0.1) is 0 Å². The average Bonchev–Trinajstić information content (AvgIpc) is 4.16. The van der Waals surface area contributed by atoms with E-state index in [1.54, 1.807) is 37.3 Å². The van der Waals surface area contributed by atoms with Crippen molar-refractivity contribution in [1.29, 1.82) is 0 Å². The minimum atomic E-state index is -2.37. The summed E-state index contributed by atoms with van der Waals surface area (Å²) in [6.07, 6.45) is 3.09. The van der Waals surface area contributed by atoms with Crippen molar-refractivity contribution in [3.63, 3.8) is 0 Å². The van der Waals surface area contributed by atoms with Gasteiger partial charge in [-0.25, -0.2) is 13.8 Å². The summed E-state index contributed by atoms with van der Waals surface area (Å²) in [6, 6.07) is 10.9. The quantitative estimate of drug-likeness (QED) is 0.0960. The van der Waals surface area contributed by atoms with Gasteiger partial charge in [0.05, 0.1) is 24.2 Å². The third kappa shape index (κ3) is 9.33. The Morgan fingerprint density at radius 1 is 0.907 bits per heavy atom. The summed E-state index contributed by atoms with van der Waals surface area (Å²) in [7, 11) is 0. The molecule has 0 unspecified atom stereocenters. The van der Waals surface area contributed by atoms with Gasteiger partial charge in [0.25, 0.3) is 11.8 Å². The van der Waals surface area contributed by atoms with E-state index in [4.69, 9.17) is 9.47 Å². The van der Waals surface area contributed by atoms with Gasteiger partial charge in [0.15, 0.2) is 29.1 Å². The van der Waals surface area contributed by atoms with Gasteiger partial charge in [0, 0.05) is 65.7 Å². The van der Waals surface area contributed by atoms with Gasteiger partial charge in [0.2, 0.25) is 23.6 Å². The highest BCUT2D eigenvalue weighted by atomic mass is 19.1. The number of aromatic amines is 1. The molecule has 3 aromatic rings. The normalized spacial score (nSPS) is 31.5.